The van der Waals surface area contributed by atoms with Crippen molar-refractivity contribution in [2.24, 2.45) is 23.2 Å². The highest BCUT2D eigenvalue weighted by Crippen LogP contribution is 2.47. The zero-order valence-corrected chi connectivity index (χ0v) is 10.8. The monoisotopic (exact) mass is 242 g/mol. The Kier molecular flexibility index (Phi) is 3.46. The Morgan fingerprint density at radius 3 is 2.53 bits per heavy atom. The van der Waals surface area contributed by atoms with Crippen LogP contribution in [0, 0.1) is 23.2 Å². The van der Waals surface area contributed by atoms with Gasteiger partial charge in [-0.25, -0.2) is 0 Å². The molecule has 4 nitrogen and oxygen atoms in total. The summed E-state index contributed by atoms with van der Waals surface area (Å²) in [5.41, 5.74) is -0.423. The summed E-state index contributed by atoms with van der Waals surface area (Å²) < 4.78 is 10.4. The number of ether oxygens (including phenoxy) is 2. The number of hydrogen-bond acceptors (Lipinski definition) is 4. The first-order valence-corrected chi connectivity index (χ1v) is 6.48. The lowest BCUT2D eigenvalue weighted by atomic mass is 9.68. The van der Waals surface area contributed by atoms with E-state index in [1.165, 1.54) is 0 Å². The Bertz CT molecular complexity index is 294. The van der Waals surface area contributed by atoms with Gasteiger partial charge in [0.25, 0.3) is 0 Å². The van der Waals surface area contributed by atoms with Gasteiger partial charge in [0, 0.05) is 11.8 Å². The fourth-order valence-corrected chi connectivity index (χ4v) is 3.13. The number of esters is 1. The molecule has 0 aromatic heterocycles. The second-order valence-electron chi connectivity index (χ2n) is 5.58. The number of carbonyl (C=O) groups is 1. The van der Waals surface area contributed by atoms with Crippen LogP contribution in [0.1, 0.15) is 33.6 Å². The van der Waals surface area contributed by atoms with Crippen LogP contribution in [-0.4, -0.2) is 30.6 Å². The first-order valence-electron chi connectivity index (χ1n) is 6.48. The van der Waals surface area contributed by atoms with Crippen LogP contribution in [0.2, 0.25) is 0 Å². The van der Waals surface area contributed by atoms with E-state index in [2.05, 4.69) is 13.8 Å². The van der Waals surface area contributed by atoms with E-state index in [1.807, 2.05) is 6.92 Å². The van der Waals surface area contributed by atoms with Crippen molar-refractivity contribution in [3.05, 3.63) is 0 Å². The third-order valence-electron chi connectivity index (χ3n) is 4.67. The minimum Gasteiger partial charge on any atom is -0.465 e. The summed E-state index contributed by atoms with van der Waals surface area (Å²) in [6, 6.07) is 0. The van der Waals surface area contributed by atoms with Crippen molar-refractivity contribution >= 4 is 5.97 Å². The molecule has 0 radical (unpaired) electrons. The molecule has 2 aliphatic rings. The van der Waals surface area contributed by atoms with E-state index < -0.39 is 11.7 Å². The van der Waals surface area contributed by atoms with Crippen LogP contribution in [-0.2, 0) is 14.3 Å². The molecule has 0 aromatic carbocycles. The van der Waals surface area contributed by atoms with Crippen molar-refractivity contribution in [3.8, 4) is 0 Å². The molecule has 17 heavy (non-hydrogen) atoms. The van der Waals surface area contributed by atoms with E-state index in [9.17, 15) is 9.90 Å². The van der Waals surface area contributed by atoms with Gasteiger partial charge in [0.2, 0.25) is 0 Å². The standard InChI is InChI=1S/C13H22O4/c1-4-13(9(3)7-17-12(13)15)5-10-8(2)6-16-11(10)14/h8-11,14H,4-7H2,1-3H3/t8-,9-,10?,11+,13?/m0/s1. The van der Waals surface area contributed by atoms with Crippen LogP contribution >= 0.6 is 0 Å². The number of carbonyl (C=O) groups excluding carboxylic acids is 1. The number of rotatable bonds is 3. The zero-order valence-electron chi connectivity index (χ0n) is 10.8. The van der Waals surface area contributed by atoms with Crippen LogP contribution in [0.15, 0.2) is 0 Å². The summed E-state index contributed by atoms with van der Waals surface area (Å²) >= 11 is 0. The van der Waals surface area contributed by atoms with Gasteiger partial charge < -0.3 is 14.6 Å². The summed E-state index contributed by atoms with van der Waals surface area (Å²) in [7, 11) is 0. The lowest BCUT2D eigenvalue weighted by molar-refractivity contribution is -0.149. The molecule has 1 N–H and O–H groups in total. The lowest BCUT2D eigenvalue weighted by Gasteiger charge is -2.32. The highest BCUT2D eigenvalue weighted by atomic mass is 16.6. The second kappa shape index (κ2) is 4.58. The van der Waals surface area contributed by atoms with Crippen LogP contribution in [0.3, 0.4) is 0 Å². The topological polar surface area (TPSA) is 55.8 Å². The minimum atomic E-state index is -0.728. The summed E-state index contributed by atoms with van der Waals surface area (Å²) in [5.74, 6) is 0.468. The Labute approximate surface area is 102 Å². The van der Waals surface area contributed by atoms with E-state index in [-0.39, 0.29) is 17.8 Å². The third kappa shape index (κ3) is 1.97. The molecule has 0 amide bonds. The number of cyclic esters (lactones) is 1. The van der Waals surface area contributed by atoms with E-state index in [0.717, 1.165) is 6.42 Å². The molecule has 2 unspecified atom stereocenters. The summed E-state index contributed by atoms with van der Waals surface area (Å²) in [6.07, 6.45) is 0.712. The maximum Gasteiger partial charge on any atom is 0.312 e. The molecule has 0 bridgehead atoms. The van der Waals surface area contributed by atoms with E-state index in [0.29, 0.717) is 25.6 Å². The van der Waals surface area contributed by atoms with Crippen LogP contribution in [0.25, 0.3) is 0 Å². The minimum absolute atomic E-state index is 0.0445. The van der Waals surface area contributed by atoms with Gasteiger partial charge in [-0.1, -0.05) is 20.8 Å². The Morgan fingerprint density at radius 1 is 1.41 bits per heavy atom. The molecule has 0 saturated carbocycles. The second-order valence-corrected chi connectivity index (χ2v) is 5.58. The normalized spacial score (nSPS) is 46.2. The quantitative estimate of drug-likeness (QED) is 0.763. The summed E-state index contributed by atoms with van der Waals surface area (Å²) in [6.45, 7) is 7.23. The van der Waals surface area contributed by atoms with E-state index in [4.69, 9.17) is 9.47 Å². The Balaban J connectivity index is 2.16. The predicted octanol–water partition coefficient (Wildman–Crippen LogP) is 1.57. The average molecular weight is 242 g/mol. The van der Waals surface area contributed by atoms with E-state index in [1.54, 1.807) is 0 Å². The third-order valence-corrected chi connectivity index (χ3v) is 4.67. The molecule has 2 aliphatic heterocycles. The molecule has 0 spiro atoms. The van der Waals surface area contributed by atoms with Crippen LogP contribution in [0.4, 0.5) is 0 Å². The van der Waals surface area contributed by atoms with Crippen molar-refractivity contribution in [2.75, 3.05) is 13.2 Å². The zero-order chi connectivity index (χ0) is 12.6. The summed E-state index contributed by atoms with van der Waals surface area (Å²) in [5, 5.41) is 9.83. The van der Waals surface area contributed by atoms with Gasteiger partial charge in [-0.2, -0.15) is 0 Å². The van der Waals surface area contributed by atoms with E-state index >= 15 is 0 Å². The van der Waals surface area contributed by atoms with Gasteiger partial charge >= 0.3 is 5.97 Å². The molecule has 2 saturated heterocycles. The Morgan fingerprint density at radius 2 is 2.12 bits per heavy atom. The maximum atomic E-state index is 12.0. The molecular weight excluding hydrogens is 220 g/mol. The van der Waals surface area contributed by atoms with Crippen LogP contribution in [0.5, 0.6) is 0 Å². The first kappa shape index (κ1) is 12.8. The molecule has 0 aliphatic carbocycles. The lowest BCUT2D eigenvalue weighted by Crippen LogP contribution is -2.37. The number of aliphatic hydroxyl groups excluding tert-OH is 1. The highest BCUT2D eigenvalue weighted by molar-refractivity contribution is 5.79. The van der Waals surface area contributed by atoms with Gasteiger partial charge in [0.15, 0.2) is 6.29 Å². The molecular formula is C13H22O4. The fraction of sp³-hybridized carbons (Fsp3) is 0.923. The smallest absolute Gasteiger partial charge is 0.312 e. The molecule has 98 valence electrons. The van der Waals surface area contributed by atoms with Gasteiger partial charge in [0.05, 0.1) is 18.6 Å². The van der Waals surface area contributed by atoms with Gasteiger partial charge in [-0.3, -0.25) is 4.79 Å². The average Bonchev–Trinajstić information content (AvgIpc) is 2.76. The van der Waals surface area contributed by atoms with Crippen molar-refractivity contribution in [1.29, 1.82) is 0 Å². The van der Waals surface area contributed by atoms with Crippen LogP contribution < -0.4 is 0 Å². The van der Waals surface area contributed by atoms with Gasteiger partial charge in [-0.05, 0) is 18.8 Å². The molecule has 5 atom stereocenters. The molecule has 2 rings (SSSR count). The molecule has 4 heteroatoms. The predicted molar refractivity (Wildman–Crippen MR) is 62.1 cm³/mol. The molecule has 2 fully saturated rings. The molecule has 0 aromatic rings. The Hall–Kier alpha value is -0.610. The summed E-state index contributed by atoms with van der Waals surface area (Å²) in [4.78, 5) is 12.0. The first-order chi connectivity index (χ1) is 8.01. The largest absolute Gasteiger partial charge is 0.465 e. The van der Waals surface area contributed by atoms with Gasteiger partial charge in [0.1, 0.15) is 0 Å². The van der Waals surface area contributed by atoms with Crippen molar-refractivity contribution in [1.82, 2.24) is 0 Å². The van der Waals surface area contributed by atoms with Gasteiger partial charge in [-0.15, -0.1) is 0 Å². The van der Waals surface area contributed by atoms with Crippen molar-refractivity contribution < 1.29 is 19.4 Å². The number of hydrogen-bond donors (Lipinski definition) is 1. The maximum absolute atomic E-state index is 12.0. The number of aliphatic hydroxyl groups is 1. The van der Waals surface area contributed by atoms with Crippen molar-refractivity contribution in [2.45, 2.75) is 39.9 Å². The fourth-order valence-electron chi connectivity index (χ4n) is 3.13. The SMILES string of the molecule is CCC1(CC2[C@H](O)OC[C@@H]2C)C(=O)OC[C@@H]1C. The van der Waals surface area contributed by atoms with Crippen molar-refractivity contribution in [3.63, 3.8) is 0 Å². The molecule has 2 heterocycles. The highest BCUT2D eigenvalue weighted by Gasteiger charge is 2.52.